The summed E-state index contributed by atoms with van der Waals surface area (Å²) >= 11 is 0. The molecule has 2 atom stereocenters. The van der Waals surface area contributed by atoms with Gasteiger partial charge in [-0.05, 0) is 19.3 Å². The summed E-state index contributed by atoms with van der Waals surface area (Å²) in [5.74, 6) is -0.904. The van der Waals surface area contributed by atoms with Crippen LogP contribution in [0.25, 0.3) is 0 Å². The van der Waals surface area contributed by atoms with Crippen molar-refractivity contribution < 1.29 is 14.6 Å². The first-order valence-electron chi connectivity index (χ1n) is 5.22. The highest BCUT2D eigenvalue weighted by Crippen LogP contribution is 2.30. The molecule has 1 fully saturated rings. The summed E-state index contributed by atoms with van der Waals surface area (Å²) in [6.45, 7) is 2.82. The molecule has 0 aromatic rings. The molecule has 1 aliphatic rings. The summed E-state index contributed by atoms with van der Waals surface area (Å²) in [6.07, 6.45) is 3.92. The number of ether oxygens (including phenoxy) is 1. The second kappa shape index (κ2) is 4.75. The third kappa shape index (κ3) is 2.69. The lowest BCUT2D eigenvalue weighted by molar-refractivity contribution is -0.143. The summed E-state index contributed by atoms with van der Waals surface area (Å²) < 4.78 is 5.55. The van der Waals surface area contributed by atoms with Crippen molar-refractivity contribution in [2.45, 2.75) is 50.7 Å². The first kappa shape index (κ1) is 11.5. The van der Waals surface area contributed by atoms with Crippen LogP contribution in [0.3, 0.4) is 0 Å². The van der Waals surface area contributed by atoms with E-state index in [1.165, 1.54) is 0 Å². The number of rotatable bonds is 5. The van der Waals surface area contributed by atoms with E-state index in [-0.39, 0.29) is 6.10 Å². The summed E-state index contributed by atoms with van der Waals surface area (Å²) in [5, 5.41) is 8.88. The van der Waals surface area contributed by atoms with Gasteiger partial charge in [0.05, 0.1) is 6.10 Å². The smallest absolute Gasteiger partial charge is 0.323 e. The number of hydrogen-bond acceptors (Lipinski definition) is 3. The van der Waals surface area contributed by atoms with Crippen LogP contribution in [0, 0.1) is 0 Å². The number of aliphatic carboxylic acids is 1. The van der Waals surface area contributed by atoms with Crippen LogP contribution >= 0.6 is 0 Å². The average molecular weight is 201 g/mol. The number of carboxylic acid groups (broad SMARTS) is 1. The van der Waals surface area contributed by atoms with Crippen LogP contribution < -0.4 is 5.73 Å². The first-order valence-corrected chi connectivity index (χ1v) is 5.22. The van der Waals surface area contributed by atoms with Crippen LogP contribution in [-0.4, -0.2) is 29.3 Å². The molecule has 4 nitrogen and oxygen atoms in total. The zero-order valence-electron chi connectivity index (χ0n) is 8.66. The van der Waals surface area contributed by atoms with Crippen molar-refractivity contribution in [2.24, 2.45) is 5.73 Å². The lowest BCUT2D eigenvalue weighted by Crippen LogP contribution is -2.45. The molecule has 0 amide bonds. The molecule has 0 aromatic carbocycles. The standard InChI is InChI=1S/C10H19NO3/c1-2-3-6-14-8-4-5-10(11,7-8)9(12)13/h8H,2-7,11H2,1H3,(H,12,13). The van der Waals surface area contributed by atoms with Crippen molar-refractivity contribution in [2.75, 3.05) is 6.61 Å². The van der Waals surface area contributed by atoms with Gasteiger partial charge in [-0.3, -0.25) is 4.79 Å². The predicted octanol–water partition coefficient (Wildman–Crippen LogP) is 1.14. The van der Waals surface area contributed by atoms with E-state index in [0.717, 1.165) is 25.9 Å². The highest BCUT2D eigenvalue weighted by molar-refractivity contribution is 5.78. The van der Waals surface area contributed by atoms with E-state index in [4.69, 9.17) is 15.6 Å². The topological polar surface area (TPSA) is 72.5 Å². The predicted molar refractivity (Wildman–Crippen MR) is 53.1 cm³/mol. The molecule has 0 aromatic heterocycles. The Morgan fingerprint density at radius 2 is 2.43 bits per heavy atom. The van der Waals surface area contributed by atoms with E-state index < -0.39 is 11.5 Å². The van der Waals surface area contributed by atoms with E-state index in [1.807, 2.05) is 0 Å². The number of nitrogens with two attached hydrogens (primary N) is 1. The summed E-state index contributed by atoms with van der Waals surface area (Å²) in [6, 6.07) is 0. The minimum Gasteiger partial charge on any atom is -0.480 e. The summed E-state index contributed by atoms with van der Waals surface area (Å²) in [4.78, 5) is 10.8. The Hall–Kier alpha value is -0.610. The van der Waals surface area contributed by atoms with E-state index in [0.29, 0.717) is 12.8 Å². The second-order valence-electron chi connectivity index (χ2n) is 4.05. The molecular weight excluding hydrogens is 182 g/mol. The molecule has 3 N–H and O–H groups in total. The largest absolute Gasteiger partial charge is 0.480 e. The van der Waals surface area contributed by atoms with Crippen LogP contribution in [0.5, 0.6) is 0 Å². The third-order valence-electron chi connectivity index (χ3n) is 2.78. The Morgan fingerprint density at radius 3 is 2.93 bits per heavy atom. The van der Waals surface area contributed by atoms with Gasteiger partial charge in [0.25, 0.3) is 0 Å². The van der Waals surface area contributed by atoms with Crippen molar-refractivity contribution in [3.63, 3.8) is 0 Å². The van der Waals surface area contributed by atoms with Gasteiger partial charge in [-0.1, -0.05) is 13.3 Å². The Bertz CT molecular complexity index is 208. The van der Waals surface area contributed by atoms with E-state index in [2.05, 4.69) is 6.92 Å². The van der Waals surface area contributed by atoms with Gasteiger partial charge in [0, 0.05) is 13.0 Å². The lowest BCUT2D eigenvalue weighted by Gasteiger charge is -2.18. The van der Waals surface area contributed by atoms with Crippen molar-refractivity contribution >= 4 is 5.97 Å². The maximum atomic E-state index is 10.8. The Morgan fingerprint density at radius 1 is 1.71 bits per heavy atom. The van der Waals surface area contributed by atoms with Crippen LogP contribution in [0.1, 0.15) is 39.0 Å². The second-order valence-corrected chi connectivity index (χ2v) is 4.05. The van der Waals surface area contributed by atoms with Gasteiger partial charge in [0.2, 0.25) is 0 Å². The van der Waals surface area contributed by atoms with Crippen molar-refractivity contribution in [1.82, 2.24) is 0 Å². The van der Waals surface area contributed by atoms with Gasteiger partial charge in [0.15, 0.2) is 0 Å². The summed E-state index contributed by atoms with van der Waals surface area (Å²) in [7, 11) is 0. The molecule has 1 saturated carbocycles. The fourth-order valence-electron chi connectivity index (χ4n) is 1.76. The lowest BCUT2D eigenvalue weighted by atomic mass is 10.00. The number of carbonyl (C=O) groups is 1. The van der Waals surface area contributed by atoms with E-state index in [9.17, 15) is 4.79 Å². The zero-order chi connectivity index (χ0) is 10.6. The van der Waals surface area contributed by atoms with Crippen LogP contribution in [0.4, 0.5) is 0 Å². The van der Waals surface area contributed by atoms with Gasteiger partial charge < -0.3 is 15.6 Å². The molecular formula is C10H19NO3. The fraction of sp³-hybridized carbons (Fsp3) is 0.900. The molecule has 0 spiro atoms. The van der Waals surface area contributed by atoms with Gasteiger partial charge in [-0.25, -0.2) is 0 Å². The minimum atomic E-state index is -1.04. The molecule has 1 aliphatic carbocycles. The normalized spacial score (nSPS) is 32.0. The average Bonchev–Trinajstić information content (AvgIpc) is 2.50. The molecule has 0 radical (unpaired) electrons. The molecule has 82 valence electrons. The molecule has 4 heteroatoms. The first-order chi connectivity index (χ1) is 6.58. The minimum absolute atomic E-state index is 0.0441. The quantitative estimate of drug-likeness (QED) is 0.654. The highest BCUT2D eigenvalue weighted by Gasteiger charge is 2.42. The van der Waals surface area contributed by atoms with Crippen molar-refractivity contribution in [1.29, 1.82) is 0 Å². The van der Waals surface area contributed by atoms with Crippen molar-refractivity contribution in [3.05, 3.63) is 0 Å². The molecule has 14 heavy (non-hydrogen) atoms. The van der Waals surface area contributed by atoms with Gasteiger partial charge >= 0.3 is 5.97 Å². The Balaban J connectivity index is 2.30. The number of carboxylic acids is 1. The number of hydrogen-bond donors (Lipinski definition) is 2. The van der Waals surface area contributed by atoms with Gasteiger partial charge in [0.1, 0.15) is 5.54 Å². The highest BCUT2D eigenvalue weighted by atomic mass is 16.5. The molecule has 0 saturated heterocycles. The fourth-order valence-corrected chi connectivity index (χ4v) is 1.76. The van der Waals surface area contributed by atoms with Crippen molar-refractivity contribution in [3.8, 4) is 0 Å². The zero-order valence-corrected chi connectivity index (χ0v) is 8.66. The van der Waals surface area contributed by atoms with Crippen LogP contribution in [0.15, 0.2) is 0 Å². The Kier molecular flexibility index (Phi) is 3.89. The number of unbranched alkanes of at least 4 members (excludes halogenated alkanes) is 1. The van der Waals surface area contributed by atoms with Crippen LogP contribution in [0.2, 0.25) is 0 Å². The molecule has 1 rings (SSSR count). The third-order valence-corrected chi connectivity index (χ3v) is 2.78. The molecule has 2 unspecified atom stereocenters. The molecule has 0 heterocycles. The van der Waals surface area contributed by atoms with E-state index in [1.54, 1.807) is 0 Å². The van der Waals surface area contributed by atoms with Gasteiger partial charge in [-0.2, -0.15) is 0 Å². The molecule has 0 bridgehead atoms. The summed E-state index contributed by atoms with van der Waals surface area (Å²) in [5.41, 5.74) is 4.67. The van der Waals surface area contributed by atoms with E-state index >= 15 is 0 Å². The maximum absolute atomic E-state index is 10.8. The SMILES string of the molecule is CCCCOC1CCC(N)(C(=O)O)C1. The van der Waals surface area contributed by atoms with Crippen LogP contribution in [-0.2, 0) is 9.53 Å². The monoisotopic (exact) mass is 201 g/mol. The van der Waals surface area contributed by atoms with Gasteiger partial charge in [-0.15, -0.1) is 0 Å². The maximum Gasteiger partial charge on any atom is 0.323 e. The Labute approximate surface area is 84.4 Å². The molecule has 0 aliphatic heterocycles.